The van der Waals surface area contributed by atoms with Crippen LogP contribution in [0, 0.1) is 13.8 Å². The van der Waals surface area contributed by atoms with Gasteiger partial charge in [-0.25, -0.2) is 0 Å². The van der Waals surface area contributed by atoms with Gasteiger partial charge in [0.1, 0.15) is 11.5 Å². The molecule has 1 amide bonds. The second kappa shape index (κ2) is 10.9. The SMILES string of the molecule is CCOc1cccc(/C(O)=C2\C(=O)C(=O)N(c3ccc(C)cc3C)C2c2ccc(N(CC)CC)cc2)c1. The molecule has 4 rings (SSSR count). The maximum Gasteiger partial charge on any atom is 0.300 e. The van der Waals surface area contributed by atoms with E-state index in [9.17, 15) is 14.7 Å². The lowest BCUT2D eigenvalue weighted by Crippen LogP contribution is -2.30. The topological polar surface area (TPSA) is 70.1 Å². The number of rotatable bonds is 8. The first-order valence-electron chi connectivity index (χ1n) is 12.8. The Labute approximate surface area is 218 Å². The van der Waals surface area contributed by atoms with Gasteiger partial charge in [0, 0.05) is 30.0 Å². The maximum absolute atomic E-state index is 13.5. The van der Waals surface area contributed by atoms with Gasteiger partial charge in [-0.2, -0.15) is 0 Å². The molecule has 0 spiro atoms. The molecule has 0 aliphatic carbocycles. The number of carbonyl (C=O) groups is 2. The quantitative estimate of drug-likeness (QED) is 0.228. The lowest BCUT2D eigenvalue weighted by molar-refractivity contribution is -0.132. The highest BCUT2D eigenvalue weighted by Gasteiger charge is 2.47. The average molecular weight is 499 g/mol. The number of aliphatic hydroxyl groups excluding tert-OH is 1. The van der Waals surface area contributed by atoms with Crippen molar-refractivity contribution in [3.8, 4) is 5.75 Å². The first kappa shape index (κ1) is 26.0. The average Bonchev–Trinajstić information content (AvgIpc) is 3.15. The van der Waals surface area contributed by atoms with E-state index in [1.165, 1.54) is 4.90 Å². The van der Waals surface area contributed by atoms with Crippen molar-refractivity contribution in [2.24, 2.45) is 0 Å². The molecule has 192 valence electrons. The summed E-state index contributed by atoms with van der Waals surface area (Å²) in [6, 6.07) is 19.8. The summed E-state index contributed by atoms with van der Waals surface area (Å²) in [7, 11) is 0. The molecule has 0 radical (unpaired) electrons. The summed E-state index contributed by atoms with van der Waals surface area (Å²) in [5, 5.41) is 11.4. The van der Waals surface area contributed by atoms with Gasteiger partial charge in [0.15, 0.2) is 0 Å². The lowest BCUT2D eigenvalue weighted by atomic mass is 9.94. The molecule has 6 heteroatoms. The van der Waals surface area contributed by atoms with Gasteiger partial charge in [-0.15, -0.1) is 0 Å². The standard InChI is InChI=1S/C31H34N2O4/c1-6-32(7-2)24-15-13-22(14-16-24)28-27(29(34)23-10-9-11-25(19-23)37-8-3)30(35)31(36)33(28)26-17-12-20(4)18-21(26)5/h9-19,28,34H,6-8H2,1-5H3/b29-27+. The Morgan fingerprint density at radius 3 is 2.27 bits per heavy atom. The van der Waals surface area contributed by atoms with Crippen LogP contribution in [0.15, 0.2) is 72.3 Å². The van der Waals surface area contributed by atoms with Gasteiger partial charge in [0.2, 0.25) is 0 Å². The molecule has 1 atom stereocenters. The number of carbonyl (C=O) groups excluding carboxylic acids is 2. The number of hydrogen-bond donors (Lipinski definition) is 1. The molecule has 3 aromatic carbocycles. The molecular weight excluding hydrogens is 464 g/mol. The lowest BCUT2D eigenvalue weighted by Gasteiger charge is -2.28. The van der Waals surface area contributed by atoms with Gasteiger partial charge >= 0.3 is 0 Å². The Morgan fingerprint density at radius 2 is 1.65 bits per heavy atom. The Bertz CT molecular complexity index is 1340. The fourth-order valence-electron chi connectivity index (χ4n) is 4.98. The van der Waals surface area contributed by atoms with Crippen LogP contribution in [0.4, 0.5) is 11.4 Å². The molecule has 1 aliphatic heterocycles. The third-order valence-corrected chi connectivity index (χ3v) is 6.81. The van der Waals surface area contributed by atoms with Gasteiger partial charge in [0.05, 0.1) is 18.2 Å². The first-order valence-corrected chi connectivity index (χ1v) is 12.8. The van der Waals surface area contributed by atoms with Crippen LogP contribution in [-0.2, 0) is 9.59 Å². The van der Waals surface area contributed by atoms with Crippen LogP contribution in [0.2, 0.25) is 0 Å². The highest BCUT2D eigenvalue weighted by molar-refractivity contribution is 6.51. The van der Waals surface area contributed by atoms with E-state index in [1.807, 2.05) is 63.2 Å². The summed E-state index contributed by atoms with van der Waals surface area (Å²) in [4.78, 5) is 30.7. The van der Waals surface area contributed by atoms with Gasteiger partial charge in [0.25, 0.3) is 11.7 Å². The van der Waals surface area contributed by atoms with Crippen molar-refractivity contribution >= 4 is 28.8 Å². The monoisotopic (exact) mass is 498 g/mol. The minimum Gasteiger partial charge on any atom is -0.507 e. The summed E-state index contributed by atoms with van der Waals surface area (Å²) in [5.74, 6) is -1.01. The third-order valence-electron chi connectivity index (χ3n) is 6.81. The van der Waals surface area contributed by atoms with Gasteiger partial charge < -0.3 is 14.7 Å². The van der Waals surface area contributed by atoms with E-state index in [2.05, 4.69) is 18.7 Å². The summed E-state index contributed by atoms with van der Waals surface area (Å²) in [6.07, 6.45) is 0. The van der Waals surface area contributed by atoms with E-state index in [0.717, 1.165) is 35.5 Å². The molecule has 1 unspecified atom stereocenters. The minimum atomic E-state index is -0.775. The van der Waals surface area contributed by atoms with Crippen molar-refractivity contribution in [3.05, 3.63) is 94.6 Å². The number of Topliss-reactive ketones (excluding diaryl/α,β-unsaturated/α-hetero) is 1. The Kier molecular flexibility index (Phi) is 7.67. The molecule has 1 N–H and O–H groups in total. The number of aryl methyl sites for hydroxylation is 2. The number of hydrogen-bond acceptors (Lipinski definition) is 5. The number of aliphatic hydroxyl groups is 1. The molecule has 1 aliphatic rings. The molecule has 6 nitrogen and oxygen atoms in total. The van der Waals surface area contributed by atoms with Crippen molar-refractivity contribution in [3.63, 3.8) is 0 Å². The zero-order valence-corrected chi connectivity index (χ0v) is 22.1. The summed E-state index contributed by atoms with van der Waals surface area (Å²) in [6.45, 7) is 12.2. The molecule has 3 aromatic rings. The summed E-state index contributed by atoms with van der Waals surface area (Å²) < 4.78 is 5.59. The van der Waals surface area contributed by atoms with E-state index in [1.54, 1.807) is 24.3 Å². The van der Waals surface area contributed by atoms with E-state index in [-0.39, 0.29) is 11.3 Å². The molecular formula is C31H34N2O4. The van der Waals surface area contributed by atoms with Crippen molar-refractivity contribution in [2.75, 3.05) is 29.5 Å². The third kappa shape index (κ3) is 4.96. The zero-order valence-electron chi connectivity index (χ0n) is 22.1. The number of amides is 1. The van der Waals surface area contributed by atoms with E-state index in [0.29, 0.717) is 23.6 Å². The first-order chi connectivity index (χ1) is 17.8. The second-order valence-corrected chi connectivity index (χ2v) is 9.18. The van der Waals surface area contributed by atoms with Gasteiger partial charge in [-0.3, -0.25) is 14.5 Å². The highest BCUT2D eigenvalue weighted by atomic mass is 16.5. The Morgan fingerprint density at radius 1 is 0.946 bits per heavy atom. The maximum atomic E-state index is 13.5. The Hall–Kier alpha value is -4.06. The largest absolute Gasteiger partial charge is 0.507 e. The van der Waals surface area contributed by atoms with Crippen molar-refractivity contribution < 1.29 is 19.4 Å². The number of benzene rings is 3. The van der Waals surface area contributed by atoms with E-state index >= 15 is 0 Å². The zero-order chi connectivity index (χ0) is 26.7. The molecule has 0 saturated carbocycles. The van der Waals surface area contributed by atoms with Gasteiger partial charge in [-0.05, 0) is 76.1 Å². The molecule has 1 fully saturated rings. The van der Waals surface area contributed by atoms with Crippen LogP contribution in [-0.4, -0.2) is 36.5 Å². The molecule has 1 heterocycles. The van der Waals surface area contributed by atoms with Crippen LogP contribution in [0.1, 0.15) is 49.1 Å². The predicted molar refractivity (Wildman–Crippen MR) is 148 cm³/mol. The van der Waals surface area contributed by atoms with Crippen molar-refractivity contribution in [2.45, 2.75) is 40.7 Å². The van der Waals surface area contributed by atoms with Crippen LogP contribution in [0.3, 0.4) is 0 Å². The van der Waals surface area contributed by atoms with Crippen LogP contribution in [0.25, 0.3) is 5.76 Å². The number of ketones is 1. The van der Waals surface area contributed by atoms with Gasteiger partial charge in [-0.1, -0.05) is 42.0 Å². The number of ether oxygens (including phenoxy) is 1. The second-order valence-electron chi connectivity index (χ2n) is 9.18. The number of nitrogens with zero attached hydrogens (tertiary/aromatic N) is 2. The van der Waals surface area contributed by atoms with E-state index < -0.39 is 17.7 Å². The summed E-state index contributed by atoms with van der Waals surface area (Å²) >= 11 is 0. The number of anilines is 2. The molecule has 0 bridgehead atoms. The molecule has 37 heavy (non-hydrogen) atoms. The smallest absolute Gasteiger partial charge is 0.300 e. The Balaban J connectivity index is 1.91. The van der Waals surface area contributed by atoms with E-state index in [4.69, 9.17) is 4.74 Å². The fourth-order valence-corrected chi connectivity index (χ4v) is 4.98. The normalized spacial score (nSPS) is 16.8. The van der Waals surface area contributed by atoms with Crippen LogP contribution >= 0.6 is 0 Å². The fraction of sp³-hybridized carbons (Fsp3) is 0.290. The highest BCUT2D eigenvalue weighted by Crippen LogP contribution is 2.43. The van der Waals surface area contributed by atoms with Crippen molar-refractivity contribution in [1.82, 2.24) is 0 Å². The molecule has 1 saturated heterocycles. The minimum absolute atomic E-state index is 0.0641. The van der Waals surface area contributed by atoms with Crippen LogP contribution in [0.5, 0.6) is 5.75 Å². The predicted octanol–water partition coefficient (Wildman–Crippen LogP) is 6.17. The van der Waals surface area contributed by atoms with Crippen molar-refractivity contribution in [1.29, 1.82) is 0 Å². The molecule has 0 aromatic heterocycles. The summed E-state index contributed by atoms with van der Waals surface area (Å²) in [5.41, 5.74) is 4.88. The van der Waals surface area contributed by atoms with Crippen LogP contribution < -0.4 is 14.5 Å².